The van der Waals surface area contributed by atoms with Crippen LogP contribution in [0.4, 0.5) is 5.69 Å². The lowest BCUT2D eigenvalue weighted by molar-refractivity contribution is -0.384. The van der Waals surface area contributed by atoms with Crippen molar-refractivity contribution in [2.45, 2.75) is 13.5 Å². The second-order valence-corrected chi connectivity index (χ2v) is 4.55. The number of nitrogens with zero attached hydrogens (tertiary/aromatic N) is 5. The third-order valence-electron chi connectivity index (χ3n) is 2.74. The van der Waals surface area contributed by atoms with Crippen molar-refractivity contribution in [3.8, 4) is 0 Å². The summed E-state index contributed by atoms with van der Waals surface area (Å²) in [5.41, 5.74) is 0.517. The van der Waals surface area contributed by atoms with Crippen LogP contribution in [0.1, 0.15) is 11.8 Å². The molecule has 20 heavy (non-hydrogen) atoms. The second kappa shape index (κ2) is 4.57. The summed E-state index contributed by atoms with van der Waals surface area (Å²) in [6.45, 7) is 1.94. The van der Waals surface area contributed by atoms with Gasteiger partial charge < -0.3 is 4.42 Å². The number of fused-ring (bicyclic) bond motifs is 1. The van der Waals surface area contributed by atoms with E-state index in [0.717, 1.165) is 0 Å². The fraction of sp³-hybridized carbons (Fsp3) is 0.182. The molecule has 0 aliphatic carbocycles. The molecule has 0 bridgehead atoms. The number of nitro benzene ring substituents is 1. The second-order valence-electron chi connectivity index (χ2n) is 4.14. The predicted molar refractivity (Wildman–Crippen MR) is 69.5 cm³/mol. The summed E-state index contributed by atoms with van der Waals surface area (Å²) in [6.07, 6.45) is 1.51. The molecule has 0 unspecified atom stereocenters. The van der Waals surface area contributed by atoms with E-state index in [1.807, 2.05) is 0 Å². The van der Waals surface area contributed by atoms with Crippen molar-refractivity contribution in [2.75, 3.05) is 0 Å². The van der Waals surface area contributed by atoms with E-state index in [4.69, 9.17) is 16.0 Å². The highest BCUT2D eigenvalue weighted by atomic mass is 35.5. The zero-order valence-corrected chi connectivity index (χ0v) is 11.0. The molecule has 0 atom stereocenters. The van der Waals surface area contributed by atoms with Gasteiger partial charge in [-0.25, -0.2) is 0 Å². The van der Waals surface area contributed by atoms with Crippen molar-refractivity contribution in [3.05, 3.63) is 45.2 Å². The molecule has 0 aliphatic heterocycles. The van der Waals surface area contributed by atoms with Crippen molar-refractivity contribution in [2.24, 2.45) is 0 Å². The van der Waals surface area contributed by atoms with Crippen LogP contribution in [0.2, 0.25) is 5.02 Å². The predicted octanol–water partition coefficient (Wildman–Crippen LogP) is 2.34. The van der Waals surface area contributed by atoms with E-state index < -0.39 is 4.92 Å². The van der Waals surface area contributed by atoms with Crippen LogP contribution in [-0.4, -0.2) is 24.9 Å². The molecule has 2 aromatic heterocycles. The van der Waals surface area contributed by atoms with Crippen molar-refractivity contribution < 1.29 is 9.34 Å². The highest BCUT2D eigenvalue weighted by molar-refractivity contribution is 6.35. The van der Waals surface area contributed by atoms with Crippen LogP contribution in [0, 0.1) is 17.0 Å². The van der Waals surface area contributed by atoms with E-state index in [-0.39, 0.29) is 17.3 Å². The number of aromatic nitrogens is 4. The standard InChI is InChI=1S/C11H8ClN5O3/c1-6-14-15-10(20-6)5-16-11-7(4-13-16)2-8(17(18)19)3-9(11)12/h2-4H,5H2,1H3. The molecule has 0 saturated carbocycles. The lowest BCUT2D eigenvalue weighted by atomic mass is 10.2. The van der Waals surface area contributed by atoms with Gasteiger partial charge in [0.05, 0.1) is 21.7 Å². The zero-order chi connectivity index (χ0) is 14.3. The molecule has 0 saturated heterocycles. The Balaban J connectivity index is 2.07. The van der Waals surface area contributed by atoms with E-state index in [1.54, 1.807) is 11.6 Å². The monoisotopic (exact) mass is 293 g/mol. The lowest BCUT2D eigenvalue weighted by Crippen LogP contribution is -2.02. The van der Waals surface area contributed by atoms with Gasteiger partial charge in [-0.15, -0.1) is 10.2 Å². The van der Waals surface area contributed by atoms with E-state index in [1.165, 1.54) is 18.3 Å². The molecule has 3 rings (SSSR count). The minimum atomic E-state index is -0.496. The van der Waals surface area contributed by atoms with Gasteiger partial charge in [-0.3, -0.25) is 14.8 Å². The Morgan fingerprint density at radius 1 is 1.45 bits per heavy atom. The van der Waals surface area contributed by atoms with Crippen LogP contribution >= 0.6 is 11.6 Å². The number of nitro groups is 1. The highest BCUT2D eigenvalue weighted by Crippen LogP contribution is 2.29. The maximum atomic E-state index is 10.8. The highest BCUT2D eigenvalue weighted by Gasteiger charge is 2.15. The van der Waals surface area contributed by atoms with E-state index in [9.17, 15) is 10.1 Å². The maximum Gasteiger partial charge on any atom is 0.271 e. The topological polar surface area (TPSA) is 99.9 Å². The number of hydrogen-bond acceptors (Lipinski definition) is 6. The Kier molecular flexibility index (Phi) is 2.87. The minimum Gasteiger partial charge on any atom is -0.424 e. The number of rotatable bonds is 3. The van der Waals surface area contributed by atoms with Gasteiger partial charge in [0.2, 0.25) is 11.8 Å². The first-order chi connectivity index (χ1) is 9.54. The fourth-order valence-corrected chi connectivity index (χ4v) is 2.24. The normalized spacial score (nSPS) is 11.1. The minimum absolute atomic E-state index is 0.0734. The molecule has 0 amide bonds. The summed E-state index contributed by atoms with van der Waals surface area (Å²) < 4.78 is 6.84. The van der Waals surface area contributed by atoms with Gasteiger partial charge in [-0.1, -0.05) is 11.6 Å². The molecular weight excluding hydrogens is 286 g/mol. The molecular formula is C11H8ClN5O3. The molecule has 0 aliphatic rings. The smallest absolute Gasteiger partial charge is 0.271 e. The van der Waals surface area contributed by atoms with Gasteiger partial charge in [0, 0.05) is 24.4 Å². The van der Waals surface area contributed by atoms with Crippen LogP contribution in [0.25, 0.3) is 10.9 Å². The molecule has 3 aromatic rings. The Morgan fingerprint density at radius 3 is 2.90 bits per heavy atom. The third-order valence-corrected chi connectivity index (χ3v) is 3.02. The first-order valence-corrected chi connectivity index (χ1v) is 6.01. The average molecular weight is 294 g/mol. The first kappa shape index (κ1) is 12.5. The molecule has 9 heteroatoms. The van der Waals surface area contributed by atoms with Gasteiger partial charge in [0.15, 0.2) is 0 Å². The summed E-state index contributed by atoms with van der Waals surface area (Å²) in [5, 5.41) is 23.4. The summed E-state index contributed by atoms with van der Waals surface area (Å²) in [7, 11) is 0. The Bertz CT molecular complexity index is 810. The van der Waals surface area contributed by atoms with Gasteiger partial charge in [0.1, 0.15) is 6.54 Å². The molecule has 0 N–H and O–H groups in total. The van der Waals surface area contributed by atoms with Crippen LogP contribution < -0.4 is 0 Å². The first-order valence-electron chi connectivity index (χ1n) is 5.63. The van der Waals surface area contributed by atoms with Gasteiger partial charge in [0.25, 0.3) is 5.69 Å². The average Bonchev–Trinajstić information content (AvgIpc) is 2.97. The Morgan fingerprint density at radius 2 is 2.25 bits per heavy atom. The van der Waals surface area contributed by atoms with Crippen LogP contribution in [0.3, 0.4) is 0 Å². The van der Waals surface area contributed by atoms with Crippen molar-refractivity contribution in [1.82, 2.24) is 20.0 Å². The Labute approximate surface area is 117 Å². The van der Waals surface area contributed by atoms with Gasteiger partial charge in [-0.05, 0) is 0 Å². The zero-order valence-electron chi connectivity index (χ0n) is 10.3. The summed E-state index contributed by atoms with van der Waals surface area (Å²) in [4.78, 5) is 10.3. The SMILES string of the molecule is Cc1nnc(Cn2ncc3cc([N+](=O)[O-])cc(Cl)c32)o1. The van der Waals surface area contributed by atoms with Crippen LogP contribution in [-0.2, 0) is 6.54 Å². The maximum absolute atomic E-state index is 10.8. The number of aryl methyl sites for hydroxylation is 1. The number of benzene rings is 1. The quantitative estimate of drug-likeness (QED) is 0.543. The summed E-state index contributed by atoms with van der Waals surface area (Å²) in [6, 6.07) is 2.71. The van der Waals surface area contributed by atoms with E-state index in [2.05, 4.69) is 15.3 Å². The number of halogens is 1. The molecule has 0 spiro atoms. The number of hydrogen-bond donors (Lipinski definition) is 0. The molecule has 2 heterocycles. The van der Waals surface area contributed by atoms with Crippen molar-refractivity contribution >= 4 is 28.2 Å². The van der Waals surface area contributed by atoms with Crippen molar-refractivity contribution in [1.29, 1.82) is 0 Å². The lowest BCUT2D eigenvalue weighted by Gasteiger charge is -2.01. The fourth-order valence-electron chi connectivity index (χ4n) is 1.92. The molecule has 0 radical (unpaired) electrons. The molecule has 8 nitrogen and oxygen atoms in total. The number of non-ortho nitro benzene ring substituents is 1. The van der Waals surface area contributed by atoms with Crippen LogP contribution in [0.15, 0.2) is 22.7 Å². The van der Waals surface area contributed by atoms with Gasteiger partial charge >= 0.3 is 0 Å². The van der Waals surface area contributed by atoms with E-state index >= 15 is 0 Å². The van der Waals surface area contributed by atoms with Crippen molar-refractivity contribution in [3.63, 3.8) is 0 Å². The summed E-state index contributed by atoms with van der Waals surface area (Å²) in [5.74, 6) is 0.847. The van der Waals surface area contributed by atoms with E-state index in [0.29, 0.717) is 22.7 Å². The Hall–Kier alpha value is -2.48. The van der Waals surface area contributed by atoms with Crippen LogP contribution in [0.5, 0.6) is 0 Å². The largest absolute Gasteiger partial charge is 0.424 e. The van der Waals surface area contributed by atoms with Gasteiger partial charge in [-0.2, -0.15) is 5.10 Å². The molecule has 102 valence electrons. The summed E-state index contributed by atoms with van der Waals surface area (Å²) >= 11 is 6.09. The molecule has 0 fully saturated rings. The third kappa shape index (κ3) is 2.10. The molecule has 1 aromatic carbocycles.